The third-order valence-corrected chi connectivity index (χ3v) is 4.83. The molecule has 2 nitrogen and oxygen atoms in total. The van der Waals surface area contributed by atoms with Crippen LogP contribution in [0.2, 0.25) is 0 Å². The number of thioether (sulfide) groups is 2. The van der Waals surface area contributed by atoms with Crippen LogP contribution in [0.25, 0.3) is 0 Å². The minimum atomic E-state index is -0.923. The third-order valence-electron chi connectivity index (χ3n) is 2.53. The van der Waals surface area contributed by atoms with Crippen molar-refractivity contribution >= 4 is 29.5 Å². The maximum atomic E-state index is 13.4. The SMILES string of the molecule is O=C(O)c1cccc(SCCSc2ccccc2F)c1. The number of carbonyl (C=O) groups is 1. The van der Waals surface area contributed by atoms with Gasteiger partial charge < -0.3 is 5.11 Å². The number of hydrogen-bond donors (Lipinski definition) is 1. The number of carboxylic acid groups (broad SMARTS) is 1. The van der Waals surface area contributed by atoms with E-state index >= 15 is 0 Å². The second-order valence-electron chi connectivity index (χ2n) is 3.96. The van der Waals surface area contributed by atoms with E-state index in [9.17, 15) is 9.18 Å². The van der Waals surface area contributed by atoms with Crippen molar-refractivity contribution in [3.05, 3.63) is 59.9 Å². The molecule has 0 saturated heterocycles. The first-order valence-electron chi connectivity index (χ1n) is 6.00. The highest BCUT2D eigenvalue weighted by atomic mass is 32.2. The molecule has 0 fully saturated rings. The maximum Gasteiger partial charge on any atom is 0.335 e. The lowest BCUT2D eigenvalue weighted by Crippen LogP contribution is -1.95. The lowest BCUT2D eigenvalue weighted by Gasteiger charge is -2.04. The molecule has 104 valence electrons. The number of aromatic carboxylic acids is 1. The van der Waals surface area contributed by atoms with Gasteiger partial charge >= 0.3 is 5.97 Å². The first kappa shape index (κ1) is 14.9. The molecule has 0 radical (unpaired) electrons. The molecule has 0 unspecified atom stereocenters. The molecule has 2 aromatic rings. The van der Waals surface area contributed by atoms with E-state index in [1.165, 1.54) is 17.8 Å². The number of rotatable bonds is 6. The summed E-state index contributed by atoms with van der Waals surface area (Å²) in [5.74, 6) is 0.439. The van der Waals surface area contributed by atoms with Gasteiger partial charge in [-0.15, -0.1) is 23.5 Å². The smallest absolute Gasteiger partial charge is 0.335 e. The Morgan fingerprint density at radius 3 is 2.55 bits per heavy atom. The molecule has 0 aliphatic rings. The molecule has 5 heteroatoms. The molecular formula is C15H13FO2S2. The summed E-state index contributed by atoms with van der Waals surface area (Å²) in [6, 6.07) is 13.5. The summed E-state index contributed by atoms with van der Waals surface area (Å²) in [4.78, 5) is 12.4. The average molecular weight is 308 g/mol. The number of carboxylic acids is 1. The molecule has 0 heterocycles. The van der Waals surface area contributed by atoms with E-state index in [-0.39, 0.29) is 11.4 Å². The highest BCUT2D eigenvalue weighted by molar-refractivity contribution is 8.03. The van der Waals surface area contributed by atoms with E-state index in [4.69, 9.17) is 5.11 Å². The summed E-state index contributed by atoms with van der Waals surface area (Å²) in [6.45, 7) is 0. The molecule has 0 spiro atoms. The van der Waals surface area contributed by atoms with Crippen LogP contribution in [-0.4, -0.2) is 22.6 Å². The van der Waals surface area contributed by atoms with Crippen LogP contribution in [-0.2, 0) is 0 Å². The summed E-state index contributed by atoms with van der Waals surface area (Å²) in [5, 5.41) is 8.91. The molecule has 0 aromatic heterocycles. The highest BCUT2D eigenvalue weighted by Crippen LogP contribution is 2.25. The Balaban J connectivity index is 1.83. The van der Waals surface area contributed by atoms with E-state index in [1.807, 2.05) is 12.1 Å². The van der Waals surface area contributed by atoms with E-state index < -0.39 is 5.97 Å². The molecule has 0 aliphatic carbocycles. The van der Waals surface area contributed by atoms with Gasteiger partial charge in [0.05, 0.1) is 5.56 Å². The van der Waals surface area contributed by atoms with Gasteiger partial charge in [-0.05, 0) is 30.3 Å². The lowest BCUT2D eigenvalue weighted by atomic mass is 10.2. The van der Waals surface area contributed by atoms with Gasteiger partial charge in [0, 0.05) is 21.3 Å². The van der Waals surface area contributed by atoms with Gasteiger partial charge in [0.15, 0.2) is 0 Å². The van der Waals surface area contributed by atoms with Crippen molar-refractivity contribution in [1.29, 1.82) is 0 Å². The fourth-order valence-electron chi connectivity index (χ4n) is 1.59. The fourth-order valence-corrected chi connectivity index (χ4v) is 3.48. The van der Waals surface area contributed by atoms with E-state index in [2.05, 4.69) is 0 Å². The molecule has 0 bridgehead atoms. The molecule has 20 heavy (non-hydrogen) atoms. The zero-order valence-corrected chi connectivity index (χ0v) is 12.2. The first-order valence-corrected chi connectivity index (χ1v) is 7.97. The first-order chi connectivity index (χ1) is 9.66. The van der Waals surface area contributed by atoms with Crippen molar-refractivity contribution in [2.24, 2.45) is 0 Å². The molecule has 0 aliphatic heterocycles. The fraction of sp³-hybridized carbons (Fsp3) is 0.133. The second kappa shape index (κ2) is 7.36. The zero-order valence-electron chi connectivity index (χ0n) is 10.6. The molecule has 1 N–H and O–H groups in total. The van der Waals surface area contributed by atoms with Gasteiger partial charge in [-0.25, -0.2) is 9.18 Å². The minimum Gasteiger partial charge on any atom is -0.478 e. The van der Waals surface area contributed by atoms with Crippen LogP contribution in [0, 0.1) is 5.82 Å². The van der Waals surface area contributed by atoms with E-state index in [1.54, 1.807) is 42.1 Å². The maximum absolute atomic E-state index is 13.4. The van der Waals surface area contributed by atoms with Crippen molar-refractivity contribution in [2.45, 2.75) is 9.79 Å². The zero-order chi connectivity index (χ0) is 14.4. The van der Waals surface area contributed by atoms with Crippen LogP contribution in [0.15, 0.2) is 58.3 Å². The van der Waals surface area contributed by atoms with E-state index in [0.717, 1.165) is 16.4 Å². The van der Waals surface area contributed by atoms with Gasteiger partial charge in [0.2, 0.25) is 0 Å². The third kappa shape index (κ3) is 4.28. The van der Waals surface area contributed by atoms with Gasteiger partial charge in [-0.1, -0.05) is 18.2 Å². The Kier molecular flexibility index (Phi) is 5.49. The van der Waals surface area contributed by atoms with Crippen molar-refractivity contribution in [2.75, 3.05) is 11.5 Å². The van der Waals surface area contributed by atoms with Gasteiger partial charge in [-0.3, -0.25) is 0 Å². The summed E-state index contributed by atoms with van der Waals surface area (Å²) in [5.41, 5.74) is 0.289. The Hall–Kier alpha value is -1.46. The predicted molar refractivity (Wildman–Crippen MR) is 81.2 cm³/mol. The lowest BCUT2D eigenvalue weighted by molar-refractivity contribution is 0.0696. The Bertz CT molecular complexity index is 602. The van der Waals surface area contributed by atoms with Crippen molar-refractivity contribution in [3.63, 3.8) is 0 Å². The number of hydrogen-bond acceptors (Lipinski definition) is 3. The monoisotopic (exact) mass is 308 g/mol. The molecule has 0 saturated carbocycles. The van der Waals surface area contributed by atoms with E-state index in [0.29, 0.717) is 4.90 Å². The van der Waals surface area contributed by atoms with Crippen molar-refractivity contribution in [3.8, 4) is 0 Å². The minimum absolute atomic E-state index is 0.199. The largest absolute Gasteiger partial charge is 0.478 e. The molecule has 2 rings (SSSR count). The van der Waals surface area contributed by atoms with Crippen molar-refractivity contribution in [1.82, 2.24) is 0 Å². The van der Waals surface area contributed by atoms with Crippen LogP contribution in [0.1, 0.15) is 10.4 Å². The predicted octanol–water partition coefficient (Wildman–Crippen LogP) is 4.41. The van der Waals surface area contributed by atoms with Gasteiger partial charge in [0.1, 0.15) is 5.82 Å². The molecule has 2 aromatic carbocycles. The molecule has 0 atom stereocenters. The normalized spacial score (nSPS) is 10.4. The number of benzene rings is 2. The van der Waals surface area contributed by atoms with Crippen LogP contribution in [0.4, 0.5) is 4.39 Å². The Morgan fingerprint density at radius 2 is 1.80 bits per heavy atom. The Labute approximate surface area is 125 Å². The molecular weight excluding hydrogens is 295 g/mol. The number of halogens is 1. The summed E-state index contributed by atoms with van der Waals surface area (Å²) in [6.07, 6.45) is 0. The van der Waals surface area contributed by atoms with Crippen LogP contribution >= 0.6 is 23.5 Å². The highest BCUT2D eigenvalue weighted by Gasteiger charge is 2.04. The quantitative estimate of drug-likeness (QED) is 0.633. The van der Waals surface area contributed by atoms with Crippen molar-refractivity contribution < 1.29 is 14.3 Å². The standard InChI is InChI=1S/C15H13FO2S2/c16-13-6-1-2-7-14(13)20-9-8-19-12-5-3-4-11(10-12)15(17)18/h1-7,10H,8-9H2,(H,17,18). The summed E-state index contributed by atoms with van der Waals surface area (Å²) < 4.78 is 13.4. The van der Waals surface area contributed by atoms with Crippen LogP contribution < -0.4 is 0 Å². The van der Waals surface area contributed by atoms with Gasteiger partial charge in [-0.2, -0.15) is 0 Å². The van der Waals surface area contributed by atoms with Gasteiger partial charge in [0.25, 0.3) is 0 Å². The summed E-state index contributed by atoms with van der Waals surface area (Å²) in [7, 11) is 0. The Morgan fingerprint density at radius 1 is 1.05 bits per heavy atom. The topological polar surface area (TPSA) is 37.3 Å². The summed E-state index contributed by atoms with van der Waals surface area (Å²) >= 11 is 3.04. The van der Waals surface area contributed by atoms with Crippen LogP contribution in [0.3, 0.4) is 0 Å². The average Bonchev–Trinajstić information content (AvgIpc) is 2.45. The van der Waals surface area contributed by atoms with Crippen LogP contribution in [0.5, 0.6) is 0 Å². The molecule has 0 amide bonds. The second-order valence-corrected chi connectivity index (χ2v) is 6.27.